The van der Waals surface area contributed by atoms with Gasteiger partial charge in [-0.05, 0) is 24.3 Å². The van der Waals surface area contributed by atoms with Gasteiger partial charge >= 0.3 is 0 Å². The molecule has 4 aromatic rings. The van der Waals surface area contributed by atoms with Gasteiger partial charge in [-0.15, -0.1) is 0 Å². The van der Waals surface area contributed by atoms with Crippen LogP contribution in [0.5, 0.6) is 0 Å². The van der Waals surface area contributed by atoms with Crippen LogP contribution in [0.15, 0.2) is 42.6 Å². The summed E-state index contributed by atoms with van der Waals surface area (Å²) in [6.45, 7) is 0. The number of H-pyrrole nitrogens is 1. The molecule has 4 rings (SSSR count). The van der Waals surface area contributed by atoms with E-state index in [4.69, 9.17) is 5.73 Å². The maximum Gasteiger partial charge on any atom is 0.269 e. The fourth-order valence-corrected chi connectivity index (χ4v) is 2.74. The summed E-state index contributed by atoms with van der Waals surface area (Å²) < 4.78 is 1.64. The summed E-state index contributed by atoms with van der Waals surface area (Å²) in [5.74, 6) is -0.604. The molecule has 0 radical (unpaired) electrons. The molecule has 0 aliphatic rings. The molecule has 3 N–H and O–H groups in total. The number of hydrogen-bond acceptors (Lipinski definition) is 5. The summed E-state index contributed by atoms with van der Waals surface area (Å²) in [6.07, 6.45) is 1.60. The fourth-order valence-electron chi connectivity index (χ4n) is 2.74. The minimum absolute atomic E-state index is 0.0212. The average molecular weight is 322 g/mol. The third kappa shape index (κ3) is 1.92. The molecule has 2 aromatic carbocycles. The fraction of sp³-hybridized carbons (Fsp3) is 0. The third-order valence-electron chi connectivity index (χ3n) is 3.83. The van der Waals surface area contributed by atoms with Gasteiger partial charge in [0, 0.05) is 22.9 Å². The lowest BCUT2D eigenvalue weighted by atomic mass is 10.1. The van der Waals surface area contributed by atoms with Crippen molar-refractivity contribution in [1.82, 2.24) is 20.0 Å². The highest BCUT2D eigenvalue weighted by Gasteiger charge is 2.18. The molecule has 0 aliphatic carbocycles. The molecule has 0 atom stereocenters. The van der Waals surface area contributed by atoms with Gasteiger partial charge in [0.1, 0.15) is 5.69 Å². The number of nitro groups is 1. The number of carbonyl (C=O) groups excluding carboxylic acids is 1. The van der Waals surface area contributed by atoms with Crippen LogP contribution >= 0.6 is 0 Å². The lowest BCUT2D eigenvalue weighted by Gasteiger charge is -2.05. The van der Waals surface area contributed by atoms with Crippen molar-refractivity contribution in [3.8, 4) is 5.69 Å². The zero-order chi connectivity index (χ0) is 16.8. The summed E-state index contributed by atoms with van der Waals surface area (Å²) in [7, 11) is 0. The van der Waals surface area contributed by atoms with Crippen LogP contribution in [0.4, 0.5) is 5.69 Å². The first kappa shape index (κ1) is 13.9. The van der Waals surface area contributed by atoms with Gasteiger partial charge in [0.15, 0.2) is 0 Å². The molecule has 0 spiro atoms. The van der Waals surface area contributed by atoms with Crippen molar-refractivity contribution in [1.29, 1.82) is 0 Å². The molecular formula is C15H10N6O3. The molecule has 9 heteroatoms. The van der Waals surface area contributed by atoms with Gasteiger partial charge in [0.05, 0.1) is 27.8 Å². The summed E-state index contributed by atoms with van der Waals surface area (Å²) >= 11 is 0. The number of nitro benzene ring substituents is 1. The second kappa shape index (κ2) is 4.88. The first-order valence-corrected chi connectivity index (χ1v) is 6.95. The van der Waals surface area contributed by atoms with Crippen LogP contribution in [0.1, 0.15) is 10.5 Å². The predicted octanol–water partition coefficient (Wildman–Crippen LogP) is 1.91. The first-order chi connectivity index (χ1) is 11.6. The van der Waals surface area contributed by atoms with Crippen molar-refractivity contribution >= 4 is 33.4 Å². The second-order valence-electron chi connectivity index (χ2n) is 5.20. The Bertz CT molecular complexity index is 1110. The topological polar surface area (TPSA) is 133 Å². The van der Waals surface area contributed by atoms with E-state index in [1.165, 1.54) is 12.1 Å². The lowest BCUT2D eigenvalue weighted by molar-refractivity contribution is -0.384. The van der Waals surface area contributed by atoms with Gasteiger partial charge in [-0.2, -0.15) is 10.2 Å². The molecule has 2 heterocycles. The Morgan fingerprint density at radius 2 is 1.92 bits per heavy atom. The van der Waals surface area contributed by atoms with E-state index in [-0.39, 0.29) is 11.4 Å². The Morgan fingerprint density at radius 1 is 1.17 bits per heavy atom. The van der Waals surface area contributed by atoms with Crippen LogP contribution in [-0.2, 0) is 0 Å². The first-order valence-electron chi connectivity index (χ1n) is 6.95. The molecule has 0 fully saturated rings. The highest BCUT2D eigenvalue weighted by molar-refractivity contribution is 6.12. The highest BCUT2D eigenvalue weighted by atomic mass is 16.6. The van der Waals surface area contributed by atoms with Crippen LogP contribution in [-0.4, -0.2) is 30.8 Å². The normalized spacial score (nSPS) is 11.2. The van der Waals surface area contributed by atoms with Gasteiger partial charge in [0.25, 0.3) is 11.6 Å². The van der Waals surface area contributed by atoms with Crippen molar-refractivity contribution in [2.75, 3.05) is 0 Å². The molecule has 0 aliphatic heterocycles. The average Bonchev–Trinajstić information content (AvgIpc) is 3.18. The number of nitrogens with two attached hydrogens (primary N) is 1. The van der Waals surface area contributed by atoms with Crippen LogP contribution in [0.3, 0.4) is 0 Å². The number of amides is 1. The number of aromatic nitrogens is 4. The number of nitrogens with one attached hydrogen (secondary N) is 1. The third-order valence-corrected chi connectivity index (χ3v) is 3.83. The number of primary amides is 1. The van der Waals surface area contributed by atoms with Crippen LogP contribution in [0.25, 0.3) is 27.5 Å². The van der Waals surface area contributed by atoms with Gasteiger partial charge in [-0.25, -0.2) is 0 Å². The Kier molecular flexibility index (Phi) is 2.82. The molecule has 9 nitrogen and oxygen atoms in total. The standard InChI is InChI=1S/C15H10N6O3/c16-15(22)13-10-5-6-12-11(7-17-18-12)14(10)20(19-13)8-1-3-9(4-2-8)21(23)24/h1-7,19H,(H2,16,22). The molecule has 0 unspecified atom stereocenters. The quantitative estimate of drug-likeness (QED) is 0.439. The van der Waals surface area contributed by atoms with Crippen molar-refractivity contribution < 1.29 is 9.72 Å². The van der Waals surface area contributed by atoms with E-state index < -0.39 is 10.8 Å². The van der Waals surface area contributed by atoms with Gasteiger partial charge in [-0.1, -0.05) is 0 Å². The highest BCUT2D eigenvalue weighted by Crippen LogP contribution is 2.29. The maximum atomic E-state index is 11.7. The predicted molar refractivity (Wildman–Crippen MR) is 85.9 cm³/mol. The molecule has 2 aromatic heterocycles. The van der Waals surface area contributed by atoms with Crippen molar-refractivity contribution in [2.45, 2.75) is 0 Å². The van der Waals surface area contributed by atoms with Gasteiger partial charge < -0.3 is 5.73 Å². The van der Waals surface area contributed by atoms with E-state index in [0.29, 0.717) is 22.1 Å². The molecule has 1 amide bonds. The van der Waals surface area contributed by atoms with E-state index in [1.54, 1.807) is 35.1 Å². The van der Waals surface area contributed by atoms with Gasteiger partial charge in [0.2, 0.25) is 0 Å². The number of rotatable bonds is 3. The van der Waals surface area contributed by atoms with E-state index in [9.17, 15) is 14.9 Å². The number of fused-ring (bicyclic) bond motifs is 3. The van der Waals surface area contributed by atoms with Gasteiger partial charge in [-0.3, -0.25) is 24.7 Å². The molecule has 0 bridgehead atoms. The Morgan fingerprint density at radius 3 is 2.58 bits per heavy atom. The van der Waals surface area contributed by atoms with Crippen molar-refractivity contribution in [3.63, 3.8) is 0 Å². The SMILES string of the molecule is NC(=O)c1[nH]n(-c2ccc([N+](=O)[O-])cc2)c2c1ccc1nncc12. The zero-order valence-electron chi connectivity index (χ0n) is 12.1. The zero-order valence-corrected chi connectivity index (χ0v) is 12.1. The number of carbonyl (C=O) groups is 1. The van der Waals surface area contributed by atoms with E-state index in [0.717, 1.165) is 5.39 Å². The van der Waals surface area contributed by atoms with Crippen LogP contribution < -0.4 is 5.73 Å². The smallest absolute Gasteiger partial charge is 0.269 e. The summed E-state index contributed by atoms with van der Waals surface area (Å²) in [6, 6.07) is 9.44. The molecule has 118 valence electrons. The summed E-state index contributed by atoms with van der Waals surface area (Å²) in [5.41, 5.74) is 7.64. The largest absolute Gasteiger partial charge is 0.364 e. The van der Waals surface area contributed by atoms with E-state index >= 15 is 0 Å². The summed E-state index contributed by atoms with van der Waals surface area (Å²) in [4.78, 5) is 22.1. The van der Waals surface area contributed by atoms with Crippen molar-refractivity contribution in [2.24, 2.45) is 5.73 Å². The summed E-state index contributed by atoms with van der Waals surface area (Å²) in [5, 5.41) is 23.0. The Hall–Kier alpha value is -3.75. The number of nitrogens with zero attached hydrogens (tertiary/aromatic N) is 4. The Balaban J connectivity index is 2.05. The Labute approximate surface area is 133 Å². The lowest BCUT2D eigenvalue weighted by Crippen LogP contribution is -2.12. The molecule has 24 heavy (non-hydrogen) atoms. The van der Waals surface area contributed by atoms with E-state index in [1.807, 2.05) is 0 Å². The monoisotopic (exact) mass is 322 g/mol. The minimum atomic E-state index is -0.604. The minimum Gasteiger partial charge on any atom is -0.364 e. The molecule has 0 saturated carbocycles. The second-order valence-corrected chi connectivity index (χ2v) is 5.20. The molecule has 0 saturated heterocycles. The van der Waals surface area contributed by atoms with Crippen molar-refractivity contribution in [3.05, 3.63) is 58.4 Å². The van der Waals surface area contributed by atoms with Crippen LogP contribution in [0, 0.1) is 10.1 Å². The maximum absolute atomic E-state index is 11.7. The number of non-ortho nitro benzene ring substituents is 1. The molecular weight excluding hydrogens is 312 g/mol. The number of hydrogen-bond donors (Lipinski definition) is 2. The van der Waals surface area contributed by atoms with Crippen LogP contribution in [0.2, 0.25) is 0 Å². The number of benzene rings is 2. The number of aromatic amines is 1. The van der Waals surface area contributed by atoms with E-state index in [2.05, 4.69) is 15.3 Å².